The zero-order chi connectivity index (χ0) is 25.2. The third-order valence-electron chi connectivity index (χ3n) is 4.45. The molecule has 0 saturated carbocycles. The summed E-state index contributed by atoms with van der Waals surface area (Å²) in [5, 5.41) is 13.3. The van der Waals surface area contributed by atoms with Crippen LogP contribution in [0.4, 0.5) is 13.2 Å². The van der Waals surface area contributed by atoms with E-state index in [0.29, 0.717) is 11.1 Å². The fourth-order valence-corrected chi connectivity index (χ4v) is 3.28. The molecular formula is C21H22F3N3O6S. The van der Waals surface area contributed by atoms with Crippen molar-refractivity contribution in [3.63, 3.8) is 0 Å². The van der Waals surface area contributed by atoms with E-state index in [2.05, 4.69) is 20.8 Å². The first-order chi connectivity index (χ1) is 16.1. The number of nitrogens with zero attached hydrogens (tertiary/aromatic N) is 3. The first-order valence-corrected chi connectivity index (χ1v) is 11.2. The largest absolute Gasteiger partial charge is 0.534 e. The van der Waals surface area contributed by atoms with Crippen LogP contribution < -0.4 is 0 Å². The van der Waals surface area contributed by atoms with Crippen molar-refractivity contribution in [2.24, 2.45) is 5.11 Å². The van der Waals surface area contributed by atoms with E-state index in [1.165, 1.54) is 0 Å². The molecule has 9 nitrogen and oxygen atoms in total. The van der Waals surface area contributed by atoms with Crippen molar-refractivity contribution in [1.29, 1.82) is 0 Å². The van der Waals surface area contributed by atoms with Crippen LogP contribution in [0.15, 0.2) is 78.1 Å². The van der Waals surface area contributed by atoms with Crippen molar-refractivity contribution in [3.8, 4) is 0 Å². The number of benzene rings is 2. The van der Waals surface area contributed by atoms with E-state index >= 15 is 0 Å². The predicted octanol–water partition coefficient (Wildman–Crippen LogP) is 4.21. The Morgan fingerprint density at radius 3 is 1.97 bits per heavy atom. The van der Waals surface area contributed by atoms with Gasteiger partial charge < -0.3 is 18.8 Å². The highest BCUT2D eigenvalue weighted by molar-refractivity contribution is 7.87. The van der Waals surface area contributed by atoms with Gasteiger partial charge >= 0.3 is 15.6 Å². The molecule has 3 atom stereocenters. The zero-order valence-corrected chi connectivity index (χ0v) is 18.5. The van der Waals surface area contributed by atoms with E-state index in [9.17, 15) is 26.7 Å². The van der Waals surface area contributed by atoms with Crippen LogP contribution in [0.5, 0.6) is 0 Å². The summed E-state index contributed by atoms with van der Waals surface area (Å²) in [4.78, 5) is 2.65. The Kier molecular flexibility index (Phi) is 9.90. The average molecular weight is 501 g/mol. The summed E-state index contributed by atoms with van der Waals surface area (Å²) >= 11 is 0. The maximum atomic E-state index is 12.8. The number of hydrogen-bond donors (Lipinski definition) is 1. The third-order valence-corrected chi connectivity index (χ3v) is 5.45. The number of hydrogen-bond acceptors (Lipinski definition) is 7. The molecule has 0 bridgehead atoms. The Morgan fingerprint density at radius 2 is 1.53 bits per heavy atom. The van der Waals surface area contributed by atoms with Gasteiger partial charge in [-0.2, -0.15) is 21.6 Å². The molecule has 184 valence electrons. The zero-order valence-electron chi connectivity index (χ0n) is 17.7. The van der Waals surface area contributed by atoms with Crippen LogP contribution in [0.3, 0.4) is 0 Å². The molecular weight excluding hydrogens is 479 g/mol. The summed E-state index contributed by atoms with van der Waals surface area (Å²) in [6, 6.07) is 15.5. The molecule has 34 heavy (non-hydrogen) atoms. The molecule has 0 amide bonds. The Hall–Kier alpha value is -3.09. The van der Waals surface area contributed by atoms with Gasteiger partial charge in [0.25, 0.3) is 0 Å². The van der Waals surface area contributed by atoms with Crippen LogP contribution >= 0.6 is 0 Å². The quantitative estimate of drug-likeness (QED) is 0.109. The van der Waals surface area contributed by atoms with Gasteiger partial charge in [0.2, 0.25) is 0 Å². The van der Waals surface area contributed by atoms with E-state index in [0.717, 1.165) is 0 Å². The van der Waals surface area contributed by atoms with Crippen LogP contribution in [0, 0.1) is 0 Å². The SMILES string of the molecule is C=C(OS(=O)(=O)C(F)(F)F)[C@H](OCc1ccccc1)[C@@H](N=[N+]=[N-])[C@@H](CO)OCc1ccccc1. The number of rotatable bonds is 13. The summed E-state index contributed by atoms with van der Waals surface area (Å²) in [5.74, 6) is -0.993. The normalized spacial score (nSPS) is 14.5. The molecule has 2 aromatic rings. The minimum atomic E-state index is -6.08. The van der Waals surface area contributed by atoms with Crippen molar-refractivity contribution < 1.29 is 40.4 Å². The highest BCUT2D eigenvalue weighted by Crippen LogP contribution is 2.30. The number of alkyl halides is 3. The Labute approximate surface area is 194 Å². The second kappa shape index (κ2) is 12.4. The number of azide groups is 1. The molecule has 1 N–H and O–H groups in total. The van der Waals surface area contributed by atoms with Gasteiger partial charge in [-0.05, 0) is 16.7 Å². The Balaban J connectivity index is 2.33. The van der Waals surface area contributed by atoms with E-state index in [1.54, 1.807) is 60.7 Å². The predicted molar refractivity (Wildman–Crippen MR) is 115 cm³/mol. The lowest BCUT2D eigenvalue weighted by atomic mass is 10.0. The van der Waals surface area contributed by atoms with Crippen molar-refractivity contribution in [1.82, 2.24) is 0 Å². The molecule has 0 aliphatic rings. The molecule has 0 unspecified atom stereocenters. The number of halogens is 3. The smallest absolute Gasteiger partial charge is 0.394 e. The molecule has 0 fully saturated rings. The standard InChI is InChI=1S/C21H22F3N3O6S/c1-15(33-34(29,30)21(22,23)24)20(32-14-17-10-6-3-7-11-17)19(26-27-25)18(12-28)31-13-16-8-4-2-5-9-16/h2-11,18-20,28H,1,12-14H2/t18-,19+,20+/m1/s1. The Morgan fingerprint density at radius 1 is 1.03 bits per heavy atom. The molecule has 0 spiro atoms. The van der Waals surface area contributed by atoms with Gasteiger partial charge in [0, 0.05) is 4.91 Å². The van der Waals surface area contributed by atoms with Crippen molar-refractivity contribution >= 4 is 10.1 Å². The average Bonchev–Trinajstić information content (AvgIpc) is 2.80. The minimum Gasteiger partial charge on any atom is -0.394 e. The van der Waals surface area contributed by atoms with E-state index in [1.807, 2.05) is 0 Å². The summed E-state index contributed by atoms with van der Waals surface area (Å²) in [7, 11) is -6.08. The highest BCUT2D eigenvalue weighted by atomic mass is 32.2. The molecule has 0 saturated heterocycles. The maximum absolute atomic E-state index is 12.8. The van der Waals surface area contributed by atoms with Crippen LogP contribution in [-0.4, -0.2) is 43.9 Å². The van der Waals surface area contributed by atoms with Crippen molar-refractivity contribution in [2.45, 2.75) is 37.0 Å². The van der Waals surface area contributed by atoms with Gasteiger partial charge in [0.1, 0.15) is 11.9 Å². The second-order valence-corrected chi connectivity index (χ2v) is 8.42. The lowest BCUT2D eigenvalue weighted by Gasteiger charge is -2.30. The first kappa shape index (κ1) is 27.2. The molecule has 2 rings (SSSR count). The number of aliphatic hydroxyl groups excluding tert-OH is 1. The molecule has 0 radical (unpaired) electrons. The van der Waals surface area contributed by atoms with Gasteiger partial charge in [-0.3, -0.25) is 0 Å². The van der Waals surface area contributed by atoms with Crippen LogP contribution in [0.2, 0.25) is 0 Å². The van der Waals surface area contributed by atoms with E-state index in [-0.39, 0.29) is 13.2 Å². The second-order valence-electron chi connectivity index (χ2n) is 6.88. The lowest BCUT2D eigenvalue weighted by Crippen LogP contribution is -2.43. The fraction of sp³-hybridized carbons (Fsp3) is 0.333. The molecule has 13 heteroatoms. The van der Waals surface area contributed by atoms with Gasteiger partial charge in [0.15, 0.2) is 0 Å². The van der Waals surface area contributed by atoms with Crippen molar-refractivity contribution in [2.75, 3.05) is 6.61 Å². The minimum absolute atomic E-state index is 0.0525. The highest BCUT2D eigenvalue weighted by Gasteiger charge is 2.50. The monoisotopic (exact) mass is 501 g/mol. The summed E-state index contributed by atoms with van der Waals surface area (Å²) in [6.07, 6.45) is -3.02. The summed E-state index contributed by atoms with van der Waals surface area (Å²) in [6.45, 7) is 2.24. The van der Waals surface area contributed by atoms with Gasteiger partial charge in [-0.1, -0.05) is 72.4 Å². The maximum Gasteiger partial charge on any atom is 0.534 e. The molecule has 0 aliphatic heterocycles. The van der Waals surface area contributed by atoms with E-state index in [4.69, 9.17) is 15.0 Å². The molecule has 2 aromatic carbocycles. The van der Waals surface area contributed by atoms with Gasteiger partial charge in [-0.15, -0.1) is 0 Å². The molecule has 0 heterocycles. The van der Waals surface area contributed by atoms with Gasteiger partial charge in [0.05, 0.1) is 32.0 Å². The summed E-state index contributed by atoms with van der Waals surface area (Å²) in [5.41, 5.74) is 4.58. The van der Waals surface area contributed by atoms with Crippen LogP contribution in [-0.2, 0) is 37.0 Å². The molecule has 0 aromatic heterocycles. The first-order valence-electron chi connectivity index (χ1n) is 9.74. The van der Waals surface area contributed by atoms with Crippen LogP contribution in [0.1, 0.15) is 11.1 Å². The van der Waals surface area contributed by atoms with Crippen LogP contribution in [0.25, 0.3) is 10.4 Å². The molecule has 0 aliphatic carbocycles. The van der Waals surface area contributed by atoms with Crippen molar-refractivity contribution in [3.05, 3.63) is 94.6 Å². The Bertz CT molecular complexity index is 1080. The topological polar surface area (TPSA) is 131 Å². The third kappa shape index (κ3) is 7.75. The fourth-order valence-electron chi connectivity index (χ4n) is 2.80. The number of aliphatic hydroxyl groups is 1. The van der Waals surface area contributed by atoms with E-state index < -0.39 is 46.2 Å². The number of ether oxygens (including phenoxy) is 2. The van der Waals surface area contributed by atoms with Gasteiger partial charge in [-0.25, -0.2) is 0 Å². The summed E-state index contributed by atoms with van der Waals surface area (Å²) < 4.78 is 76.9. The lowest BCUT2D eigenvalue weighted by molar-refractivity contribution is -0.0675.